The van der Waals surface area contributed by atoms with E-state index in [1.54, 1.807) is 0 Å². The number of nitrogens with one attached hydrogen (secondary N) is 1. The minimum Gasteiger partial charge on any atom is -0.361 e. The first-order chi connectivity index (χ1) is 12.8. The molecule has 1 unspecified atom stereocenters. The molecule has 1 aromatic carbocycles. The topological polar surface area (TPSA) is 133 Å². The van der Waals surface area contributed by atoms with Crippen molar-refractivity contribution < 1.29 is 22.0 Å². The highest BCUT2D eigenvalue weighted by Crippen LogP contribution is 2.26. The Morgan fingerprint density at radius 3 is 2.81 bits per heavy atom. The van der Waals surface area contributed by atoms with E-state index in [9.17, 15) is 17.6 Å². The fourth-order valence-corrected chi connectivity index (χ4v) is 4.50. The van der Waals surface area contributed by atoms with E-state index in [1.807, 2.05) is 0 Å². The van der Waals surface area contributed by atoms with Gasteiger partial charge in [-0.3, -0.25) is 4.52 Å². The van der Waals surface area contributed by atoms with Gasteiger partial charge in [0.15, 0.2) is 15.5 Å². The number of rotatable bonds is 4. The molecular formula is C14H11BFN5O5S. The van der Waals surface area contributed by atoms with Crippen LogP contribution in [0.25, 0.3) is 17.2 Å². The lowest BCUT2D eigenvalue weighted by molar-refractivity contribution is 0.309. The molecule has 0 bridgehead atoms. The van der Waals surface area contributed by atoms with Crippen LogP contribution < -0.4 is 16.5 Å². The molecule has 3 aromatic rings. The van der Waals surface area contributed by atoms with Crippen LogP contribution in [0.3, 0.4) is 0 Å². The Kier molecular flexibility index (Phi) is 4.10. The second-order valence-electron chi connectivity index (χ2n) is 6.02. The molecule has 0 aliphatic carbocycles. The predicted molar refractivity (Wildman–Crippen MR) is 91.4 cm³/mol. The SMILES string of the molecule is [B]c1cc(-n2c(-c3nonc3NC3CCS(=O)(=O)C3)noc2=O)ccc1F. The predicted octanol–water partition coefficient (Wildman–Crippen LogP) is -0.593. The molecule has 0 saturated carbocycles. The Morgan fingerprint density at radius 1 is 1.30 bits per heavy atom. The van der Waals surface area contributed by atoms with Crippen LogP contribution in [0.5, 0.6) is 0 Å². The van der Waals surface area contributed by atoms with E-state index in [2.05, 4.69) is 20.8 Å². The first-order valence-electron chi connectivity index (χ1n) is 7.78. The van der Waals surface area contributed by atoms with Gasteiger partial charge in [-0.1, -0.05) is 10.6 Å². The number of hydrogen-bond donors (Lipinski definition) is 1. The van der Waals surface area contributed by atoms with Gasteiger partial charge in [0, 0.05) is 6.04 Å². The number of halogens is 1. The second kappa shape index (κ2) is 6.34. The maximum atomic E-state index is 13.4. The van der Waals surface area contributed by atoms with Crippen molar-refractivity contribution in [1.29, 1.82) is 0 Å². The Bertz CT molecular complexity index is 1170. The quantitative estimate of drug-likeness (QED) is 0.579. The zero-order valence-electron chi connectivity index (χ0n) is 13.6. The first-order valence-corrected chi connectivity index (χ1v) is 9.60. The van der Waals surface area contributed by atoms with Gasteiger partial charge in [-0.25, -0.2) is 26.8 Å². The van der Waals surface area contributed by atoms with Gasteiger partial charge in [0.2, 0.25) is 11.6 Å². The van der Waals surface area contributed by atoms with Crippen LogP contribution in [0.2, 0.25) is 0 Å². The molecule has 1 fully saturated rings. The van der Waals surface area contributed by atoms with Gasteiger partial charge in [-0.15, -0.1) is 0 Å². The van der Waals surface area contributed by atoms with Crippen LogP contribution in [0, 0.1) is 5.82 Å². The standard InChI is InChI=1S/C14H11BFN5O5S/c15-9-5-8(1-2-10(9)16)21-13(20-25-14(21)22)11-12(19-26-18-11)17-7-3-4-27(23,24)6-7/h1-2,5,7H,3-4,6H2,(H,17,19). The summed E-state index contributed by atoms with van der Waals surface area (Å²) in [4.78, 5) is 12.1. The minimum absolute atomic E-state index is 0.0352. The number of benzene rings is 1. The monoisotopic (exact) mass is 391 g/mol. The van der Waals surface area contributed by atoms with E-state index in [0.717, 1.165) is 10.6 Å². The van der Waals surface area contributed by atoms with E-state index in [0.29, 0.717) is 6.42 Å². The summed E-state index contributed by atoms with van der Waals surface area (Å²) in [5.74, 6) is -1.44. The Hall–Kier alpha value is -2.96. The van der Waals surface area contributed by atoms with E-state index in [1.165, 1.54) is 12.1 Å². The van der Waals surface area contributed by atoms with Crippen molar-refractivity contribution in [3.8, 4) is 17.2 Å². The highest BCUT2D eigenvalue weighted by molar-refractivity contribution is 7.91. The molecule has 0 amide bonds. The third kappa shape index (κ3) is 3.25. The molecule has 1 N–H and O–H groups in total. The maximum absolute atomic E-state index is 13.4. The third-order valence-electron chi connectivity index (χ3n) is 4.12. The van der Waals surface area contributed by atoms with Gasteiger partial charge in [-0.2, -0.15) is 0 Å². The summed E-state index contributed by atoms with van der Waals surface area (Å²) in [6.07, 6.45) is 0.398. The minimum atomic E-state index is -3.11. The van der Waals surface area contributed by atoms with Gasteiger partial charge >= 0.3 is 5.76 Å². The highest BCUT2D eigenvalue weighted by Gasteiger charge is 2.31. The summed E-state index contributed by atoms with van der Waals surface area (Å²) < 4.78 is 47.1. The lowest BCUT2D eigenvalue weighted by Gasteiger charge is -2.10. The Labute approximate surface area is 152 Å². The average molecular weight is 391 g/mol. The van der Waals surface area contributed by atoms with Crippen molar-refractivity contribution in [2.75, 3.05) is 16.8 Å². The first kappa shape index (κ1) is 17.5. The van der Waals surface area contributed by atoms with Crippen molar-refractivity contribution in [2.24, 2.45) is 0 Å². The van der Waals surface area contributed by atoms with Crippen molar-refractivity contribution in [3.05, 3.63) is 34.6 Å². The smallest absolute Gasteiger partial charge is 0.361 e. The van der Waals surface area contributed by atoms with Crippen LogP contribution in [-0.2, 0) is 9.84 Å². The van der Waals surface area contributed by atoms with Gasteiger partial charge in [-0.05, 0) is 34.9 Å². The van der Waals surface area contributed by atoms with Crippen molar-refractivity contribution >= 4 is 29.0 Å². The molecule has 1 aliphatic rings. The fraction of sp³-hybridized carbons (Fsp3) is 0.286. The van der Waals surface area contributed by atoms with E-state index in [-0.39, 0.29) is 46.0 Å². The van der Waals surface area contributed by atoms with Gasteiger partial charge in [0.25, 0.3) is 0 Å². The normalized spacial score (nSPS) is 18.6. The molecule has 1 aliphatic heterocycles. The van der Waals surface area contributed by atoms with Crippen molar-refractivity contribution in [3.63, 3.8) is 0 Å². The van der Waals surface area contributed by atoms with Crippen LogP contribution >= 0.6 is 0 Å². The molecule has 13 heteroatoms. The molecule has 2 aromatic heterocycles. The largest absolute Gasteiger partial charge is 0.446 e. The summed E-state index contributed by atoms with van der Waals surface area (Å²) >= 11 is 0. The maximum Gasteiger partial charge on any atom is 0.446 e. The second-order valence-corrected chi connectivity index (χ2v) is 8.25. The van der Waals surface area contributed by atoms with Crippen molar-refractivity contribution in [1.82, 2.24) is 20.0 Å². The molecule has 0 spiro atoms. The zero-order valence-corrected chi connectivity index (χ0v) is 14.4. The molecule has 1 atom stereocenters. The highest BCUT2D eigenvalue weighted by atomic mass is 32.2. The molecule has 3 heterocycles. The molecular weight excluding hydrogens is 380 g/mol. The van der Waals surface area contributed by atoms with E-state index < -0.39 is 21.4 Å². The average Bonchev–Trinajstić information content (AvgIpc) is 3.29. The molecule has 10 nitrogen and oxygen atoms in total. The van der Waals surface area contributed by atoms with Crippen LogP contribution in [0.1, 0.15) is 6.42 Å². The fourth-order valence-electron chi connectivity index (χ4n) is 2.83. The molecule has 4 rings (SSSR count). The molecule has 27 heavy (non-hydrogen) atoms. The lowest BCUT2D eigenvalue weighted by atomic mass is 9.95. The third-order valence-corrected chi connectivity index (χ3v) is 5.88. The molecule has 1 saturated heterocycles. The van der Waals surface area contributed by atoms with Gasteiger partial charge in [0.1, 0.15) is 13.7 Å². The molecule has 138 valence electrons. The van der Waals surface area contributed by atoms with Crippen LogP contribution in [0.15, 0.2) is 32.1 Å². The van der Waals surface area contributed by atoms with Gasteiger partial charge < -0.3 is 5.32 Å². The van der Waals surface area contributed by atoms with E-state index >= 15 is 0 Å². The Morgan fingerprint density at radius 2 is 2.11 bits per heavy atom. The summed E-state index contributed by atoms with van der Waals surface area (Å²) in [6, 6.07) is 3.27. The number of aromatic nitrogens is 4. The number of sulfone groups is 1. The molecule has 2 radical (unpaired) electrons. The van der Waals surface area contributed by atoms with Crippen LogP contribution in [-0.4, -0.2) is 53.8 Å². The number of hydrogen-bond acceptors (Lipinski definition) is 9. The van der Waals surface area contributed by atoms with Crippen molar-refractivity contribution in [2.45, 2.75) is 12.5 Å². The zero-order chi connectivity index (χ0) is 19.2. The van der Waals surface area contributed by atoms with Gasteiger partial charge in [0.05, 0.1) is 17.2 Å². The van der Waals surface area contributed by atoms with Crippen LogP contribution in [0.4, 0.5) is 10.2 Å². The lowest BCUT2D eigenvalue weighted by Crippen LogP contribution is -2.21. The summed E-state index contributed by atoms with van der Waals surface area (Å²) in [5, 5.41) is 14.0. The number of nitrogens with zero attached hydrogens (tertiary/aromatic N) is 4. The van der Waals surface area contributed by atoms with E-state index in [4.69, 9.17) is 17.0 Å². The Balaban J connectivity index is 1.73. The number of anilines is 1. The summed E-state index contributed by atoms with van der Waals surface area (Å²) in [6.45, 7) is 0. The summed E-state index contributed by atoms with van der Waals surface area (Å²) in [7, 11) is 2.44. The summed E-state index contributed by atoms with van der Waals surface area (Å²) in [5.41, 5.74) is 0.0694.